The average Bonchev–Trinajstić information content (AvgIpc) is 3.09. The second-order valence-corrected chi connectivity index (χ2v) is 4.98. The van der Waals surface area contributed by atoms with E-state index >= 15 is 0 Å². The zero-order chi connectivity index (χ0) is 10.7. The summed E-state index contributed by atoms with van der Waals surface area (Å²) in [6, 6.07) is 0.612. The zero-order valence-electron chi connectivity index (χ0n) is 9.55. The predicted molar refractivity (Wildman–Crippen MR) is 62.4 cm³/mol. The maximum absolute atomic E-state index is 5.43. The molecule has 0 spiro atoms. The van der Waals surface area contributed by atoms with E-state index in [1.54, 1.807) is 0 Å². The van der Waals surface area contributed by atoms with E-state index in [9.17, 15) is 0 Å². The van der Waals surface area contributed by atoms with Crippen LogP contribution in [0.5, 0.6) is 0 Å². The first-order valence-corrected chi connectivity index (χ1v) is 6.06. The quantitative estimate of drug-likeness (QED) is 0.276. The molecule has 0 heterocycles. The summed E-state index contributed by atoms with van der Waals surface area (Å²) in [4.78, 5) is 4.54. The minimum atomic E-state index is 0.516. The molecule has 0 bridgehead atoms. The summed E-state index contributed by atoms with van der Waals surface area (Å²) in [5, 5.41) is 3.30. The molecular weight excluding hydrogens is 188 g/mol. The number of guanidine groups is 1. The number of rotatable bonds is 5. The predicted octanol–water partition coefficient (Wildman–Crippen LogP) is 1.14. The van der Waals surface area contributed by atoms with Crippen LogP contribution in [0.3, 0.4) is 0 Å². The number of nitrogens with two attached hydrogens (primary N) is 1. The van der Waals surface area contributed by atoms with Gasteiger partial charge in [0.2, 0.25) is 5.96 Å². The number of hydrazine groups is 1. The third kappa shape index (κ3) is 3.09. The number of nitrogens with one attached hydrogen (secondary N) is 2. The Morgan fingerprint density at radius 3 is 2.67 bits per heavy atom. The second kappa shape index (κ2) is 4.39. The third-order valence-electron chi connectivity index (χ3n) is 3.36. The van der Waals surface area contributed by atoms with Crippen LogP contribution in [0.15, 0.2) is 4.99 Å². The summed E-state index contributed by atoms with van der Waals surface area (Å²) in [6.07, 6.45) is 7.74. The summed E-state index contributed by atoms with van der Waals surface area (Å²) in [7, 11) is 0. The van der Waals surface area contributed by atoms with Gasteiger partial charge in [0.15, 0.2) is 0 Å². The molecule has 0 aromatic carbocycles. The van der Waals surface area contributed by atoms with Crippen molar-refractivity contribution in [2.24, 2.45) is 16.3 Å². The van der Waals surface area contributed by atoms with Crippen molar-refractivity contribution in [2.45, 2.75) is 51.5 Å². The average molecular weight is 210 g/mol. The van der Waals surface area contributed by atoms with Crippen LogP contribution < -0.4 is 16.6 Å². The fraction of sp³-hybridized carbons (Fsp3) is 0.909. The smallest absolute Gasteiger partial charge is 0.205 e. The first-order chi connectivity index (χ1) is 7.28. The van der Waals surface area contributed by atoms with Gasteiger partial charge in [0.25, 0.3) is 0 Å². The van der Waals surface area contributed by atoms with E-state index < -0.39 is 0 Å². The minimum absolute atomic E-state index is 0.516. The summed E-state index contributed by atoms with van der Waals surface area (Å²) in [5.74, 6) is 6.21. The van der Waals surface area contributed by atoms with Crippen molar-refractivity contribution in [2.75, 3.05) is 6.54 Å². The molecule has 86 valence electrons. The fourth-order valence-corrected chi connectivity index (χ4v) is 2.00. The number of aliphatic imine (C=N–C) groups is 1. The van der Waals surface area contributed by atoms with Crippen LogP contribution in [0.1, 0.15) is 45.4 Å². The SMILES string of the molecule is CCCC1(CN=C(NN)NC2CC2)CC1. The molecular formula is C11H22N4. The van der Waals surface area contributed by atoms with E-state index in [2.05, 4.69) is 22.7 Å². The van der Waals surface area contributed by atoms with Gasteiger partial charge in [-0.2, -0.15) is 0 Å². The maximum atomic E-state index is 5.43. The Hall–Kier alpha value is -0.770. The summed E-state index contributed by atoms with van der Waals surface area (Å²) in [5.41, 5.74) is 3.17. The van der Waals surface area contributed by atoms with E-state index in [4.69, 9.17) is 5.84 Å². The second-order valence-electron chi connectivity index (χ2n) is 4.98. The third-order valence-corrected chi connectivity index (χ3v) is 3.36. The van der Waals surface area contributed by atoms with Gasteiger partial charge in [-0.3, -0.25) is 10.4 Å². The lowest BCUT2D eigenvalue weighted by atomic mass is 10.0. The van der Waals surface area contributed by atoms with Gasteiger partial charge in [-0.15, -0.1) is 0 Å². The lowest BCUT2D eigenvalue weighted by Gasteiger charge is -2.13. The van der Waals surface area contributed by atoms with Crippen LogP contribution in [0.2, 0.25) is 0 Å². The van der Waals surface area contributed by atoms with E-state index in [-0.39, 0.29) is 0 Å². The maximum Gasteiger partial charge on any atom is 0.205 e. The van der Waals surface area contributed by atoms with Gasteiger partial charge in [-0.1, -0.05) is 13.3 Å². The van der Waals surface area contributed by atoms with Gasteiger partial charge >= 0.3 is 0 Å². The molecule has 2 aliphatic carbocycles. The van der Waals surface area contributed by atoms with E-state index in [1.807, 2.05) is 0 Å². The Morgan fingerprint density at radius 2 is 2.20 bits per heavy atom. The van der Waals surface area contributed by atoms with Crippen molar-refractivity contribution in [3.8, 4) is 0 Å². The van der Waals surface area contributed by atoms with Crippen LogP contribution >= 0.6 is 0 Å². The molecule has 2 aliphatic rings. The lowest BCUT2D eigenvalue weighted by molar-refractivity contribution is 0.471. The Kier molecular flexibility index (Phi) is 3.14. The molecule has 4 heteroatoms. The largest absolute Gasteiger partial charge is 0.353 e. The molecule has 0 aromatic heterocycles. The van der Waals surface area contributed by atoms with Crippen LogP contribution in [-0.4, -0.2) is 18.5 Å². The van der Waals surface area contributed by atoms with Crippen molar-refractivity contribution in [1.82, 2.24) is 10.7 Å². The zero-order valence-corrected chi connectivity index (χ0v) is 9.55. The molecule has 0 aliphatic heterocycles. The van der Waals surface area contributed by atoms with Gasteiger partial charge in [0, 0.05) is 12.6 Å². The van der Waals surface area contributed by atoms with Crippen molar-refractivity contribution >= 4 is 5.96 Å². The molecule has 0 unspecified atom stereocenters. The highest BCUT2D eigenvalue weighted by Crippen LogP contribution is 2.49. The molecule has 2 fully saturated rings. The summed E-state index contributed by atoms with van der Waals surface area (Å²) < 4.78 is 0. The lowest BCUT2D eigenvalue weighted by Crippen LogP contribution is -2.43. The first kappa shape index (κ1) is 10.7. The molecule has 0 atom stereocenters. The highest BCUT2D eigenvalue weighted by Gasteiger charge is 2.41. The number of hydrogen-bond acceptors (Lipinski definition) is 2. The van der Waals surface area contributed by atoms with Crippen LogP contribution in [0.25, 0.3) is 0 Å². The van der Waals surface area contributed by atoms with Crippen LogP contribution in [0, 0.1) is 5.41 Å². The number of nitrogens with zero attached hydrogens (tertiary/aromatic N) is 1. The van der Waals surface area contributed by atoms with Crippen molar-refractivity contribution < 1.29 is 0 Å². The van der Waals surface area contributed by atoms with Crippen LogP contribution in [-0.2, 0) is 0 Å². The van der Waals surface area contributed by atoms with Gasteiger partial charge < -0.3 is 5.32 Å². The standard InChI is InChI=1S/C11H22N4/c1-2-5-11(6-7-11)8-13-10(15-12)14-9-3-4-9/h9H,2-8,12H2,1H3,(H2,13,14,15). The van der Waals surface area contributed by atoms with Gasteiger partial charge in [0.1, 0.15) is 0 Å². The Morgan fingerprint density at radius 1 is 1.47 bits per heavy atom. The minimum Gasteiger partial charge on any atom is -0.353 e. The first-order valence-electron chi connectivity index (χ1n) is 6.06. The highest BCUT2D eigenvalue weighted by molar-refractivity contribution is 5.79. The van der Waals surface area contributed by atoms with Crippen molar-refractivity contribution in [1.29, 1.82) is 0 Å². The monoisotopic (exact) mass is 210 g/mol. The normalized spacial score (nSPS) is 23.7. The molecule has 2 saturated carbocycles. The van der Waals surface area contributed by atoms with E-state index in [1.165, 1.54) is 38.5 Å². The number of hydrogen-bond donors (Lipinski definition) is 3. The Bertz CT molecular complexity index is 241. The van der Waals surface area contributed by atoms with Gasteiger partial charge in [0.05, 0.1) is 0 Å². The molecule has 0 radical (unpaired) electrons. The van der Waals surface area contributed by atoms with E-state index in [0.29, 0.717) is 11.5 Å². The molecule has 0 amide bonds. The summed E-state index contributed by atoms with van der Waals surface area (Å²) in [6.45, 7) is 3.18. The molecule has 15 heavy (non-hydrogen) atoms. The Labute approximate surface area is 91.7 Å². The van der Waals surface area contributed by atoms with E-state index in [0.717, 1.165) is 12.5 Å². The van der Waals surface area contributed by atoms with Crippen molar-refractivity contribution in [3.63, 3.8) is 0 Å². The Balaban J connectivity index is 1.79. The van der Waals surface area contributed by atoms with Crippen LogP contribution in [0.4, 0.5) is 0 Å². The molecule has 4 N–H and O–H groups in total. The topological polar surface area (TPSA) is 62.4 Å². The van der Waals surface area contributed by atoms with Gasteiger partial charge in [-0.25, -0.2) is 5.84 Å². The van der Waals surface area contributed by atoms with Gasteiger partial charge in [-0.05, 0) is 37.5 Å². The molecule has 0 saturated heterocycles. The fourth-order valence-electron chi connectivity index (χ4n) is 2.00. The summed E-state index contributed by atoms with van der Waals surface area (Å²) >= 11 is 0. The molecule has 2 rings (SSSR count). The highest BCUT2D eigenvalue weighted by atomic mass is 15.3. The van der Waals surface area contributed by atoms with Crippen molar-refractivity contribution in [3.05, 3.63) is 0 Å². The molecule has 4 nitrogen and oxygen atoms in total. The molecule has 0 aromatic rings.